The summed E-state index contributed by atoms with van der Waals surface area (Å²) in [5, 5.41) is 12.4. The lowest BCUT2D eigenvalue weighted by Gasteiger charge is -2.12. The van der Waals surface area contributed by atoms with Gasteiger partial charge in [0.25, 0.3) is 0 Å². The fourth-order valence-electron chi connectivity index (χ4n) is 0.916. The topological polar surface area (TPSA) is 38.0 Å². The molecular weight excluding hydrogens is 185 g/mol. The van der Waals surface area contributed by atoms with E-state index in [4.69, 9.17) is 5.11 Å². The van der Waals surface area contributed by atoms with E-state index in [0.717, 1.165) is 0 Å². The highest BCUT2D eigenvalue weighted by Crippen LogP contribution is 2.22. The molecule has 1 unspecified atom stereocenters. The van der Waals surface area contributed by atoms with Crippen LogP contribution in [-0.2, 0) is 13.5 Å². The molecule has 0 amide bonds. The molecule has 13 heavy (non-hydrogen) atoms. The number of aryl methyl sites for hydroxylation is 1. The van der Waals surface area contributed by atoms with Gasteiger partial charge >= 0.3 is 6.18 Å². The maximum atomic E-state index is 11.9. The van der Waals surface area contributed by atoms with Crippen LogP contribution in [0.25, 0.3) is 0 Å². The highest BCUT2D eigenvalue weighted by molar-refractivity contribution is 5.05. The monoisotopic (exact) mass is 194 g/mol. The first kappa shape index (κ1) is 10.0. The molecule has 0 saturated heterocycles. The van der Waals surface area contributed by atoms with Crippen LogP contribution in [0.1, 0.15) is 5.56 Å². The highest BCUT2D eigenvalue weighted by atomic mass is 19.4. The van der Waals surface area contributed by atoms with Crippen molar-refractivity contribution in [2.24, 2.45) is 7.05 Å². The Balaban J connectivity index is 2.60. The van der Waals surface area contributed by atoms with Crippen LogP contribution in [0, 0.1) is 0 Å². The second-order valence-electron chi connectivity index (χ2n) is 2.78. The first-order valence-electron chi connectivity index (χ1n) is 3.62. The number of halogens is 3. The Hall–Kier alpha value is -1.04. The summed E-state index contributed by atoms with van der Waals surface area (Å²) >= 11 is 0. The van der Waals surface area contributed by atoms with E-state index in [1.807, 2.05) is 0 Å². The molecule has 0 aliphatic carbocycles. The Labute approximate surface area is 72.8 Å². The minimum Gasteiger partial charge on any atom is -0.383 e. The maximum Gasteiger partial charge on any atom is 0.414 e. The summed E-state index contributed by atoms with van der Waals surface area (Å²) in [4.78, 5) is 0. The fourth-order valence-corrected chi connectivity index (χ4v) is 0.916. The molecule has 0 spiro atoms. The predicted molar refractivity (Wildman–Crippen MR) is 39.0 cm³/mol. The van der Waals surface area contributed by atoms with Gasteiger partial charge in [0.05, 0.1) is 6.20 Å². The lowest BCUT2D eigenvalue weighted by molar-refractivity contribution is -0.203. The summed E-state index contributed by atoms with van der Waals surface area (Å²) in [5.41, 5.74) is 0.368. The molecule has 0 aromatic carbocycles. The van der Waals surface area contributed by atoms with Crippen molar-refractivity contribution in [3.05, 3.63) is 18.0 Å². The van der Waals surface area contributed by atoms with E-state index in [9.17, 15) is 13.2 Å². The number of hydrogen-bond donors (Lipinski definition) is 1. The molecule has 0 radical (unpaired) electrons. The molecule has 0 bridgehead atoms. The van der Waals surface area contributed by atoms with Crippen molar-refractivity contribution < 1.29 is 18.3 Å². The zero-order valence-corrected chi connectivity index (χ0v) is 6.91. The third-order valence-corrected chi connectivity index (χ3v) is 1.57. The van der Waals surface area contributed by atoms with Gasteiger partial charge in [-0.15, -0.1) is 0 Å². The van der Waals surface area contributed by atoms with E-state index in [0.29, 0.717) is 5.56 Å². The Morgan fingerprint density at radius 3 is 2.62 bits per heavy atom. The van der Waals surface area contributed by atoms with Gasteiger partial charge in [-0.25, -0.2) is 0 Å². The Morgan fingerprint density at radius 2 is 2.23 bits per heavy atom. The third-order valence-electron chi connectivity index (χ3n) is 1.57. The lowest BCUT2D eigenvalue weighted by Crippen LogP contribution is -2.30. The quantitative estimate of drug-likeness (QED) is 0.759. The number of hydrogen-bond acceptors (Lipinski definition) is 2. The van der Waals surface area contributed by atoms with Crippen molar-refractivity contribution in [1.29, 1.82) is 0 Å². The molecule has 0 saturated carbocycles. The first-order chi connectivity index (χ1) is 5.89. The molecule has 6 heteroatoms. The van der Waals surface area contributed by atoms with E-state index >= 15 is 0 Å². The fraction of sp³-hybridized carbons (Fsp3) is 0.571. The number of nitrogens with zero attached hydrogens (tertiary/aromatic N) is 2. The third kappa shape index (κ3) is 2.73. The van der Waals surface area contributed by atoms with E-state index in [-0.39, 0.29) is 0 Å². The van der Waals surface area contributed by atoms with Gasteiger partial charge in [0.15, 0.2) is 6.10 Å². The number of aliphatic hydroxyl groups excluding tert-OH is 1. The molecule has 0 aliphatic heterocycles. The highest BCUT2D eigenvalue weighted by Gasteiger charge is 2.38. The van der Waals surface area contributed by atoms with E-state index in [2.05, 4.69) is 5.10 Å². The van der Waals surface area contributed by atoms with E-state index in [1.165, 1.54) is 17.1 Å². The average molecular weight is 194 g/mol. The molecule has 1 N–H and O–H groups in total. The molecule has 1 rings (SSSR count). The molecule has 1 aromatic rings. The van der Waals surface area contributed by atoms with Crippen molar-refractivity contribution in [3.63, 3.8) is 0 Å². The van der Waals surface area contributed by atoms with Crippen LogP contribution in [0.2, 0.25) is 0 Å². The van der Waals surface area contributed by atoms with Gasteiger partial charge in [0, 0.05) is 19.7 Å². The van der Waals surface area contributed by atoms with Crippen molar-refractivity contribution >= 4 is 0 Å². The smallest absolute Gasteiger partial charge is 0.383 e. The van der Waals surface area contributed by atoms with Crippen LogP contribution in [0.15, 0.2) is 12.4 Å². The Morgan fingerprint density at radius 1 is 1.62 bits per heavy atom. The van der Waals surface area contributed by atoms with Crippen molar-refractivity contribution in [3.8, 4) is 0 Å². The number of aromatic nitrogens is 2. The van der Waals surface area contributed by atoms with Crippen LogP contribution in [0.4, 0.5) is 13.2 Å². The summed E-state index contributed by atoms with van der Waals surface area (Å²) in [6.45, 7) is 0. The average Bonchev–Trinajstić information content (AvgIpc) is 2.33. The van der Waals surface area contributed by atoms with Crippen LogP contribution in [-0.4, -0.2) is 27.2 Å². The van der Waals surface area contributed by atoms with E-state index < -0.39 is 18.7 Å². The molecule has 0 fully saturated rings. The standard InChI is InChI=1S/C7H9F3N2O/c1-12-4-5(3-11-12)2-6(13)7(8,9)10/h3-4,6,13H,2H2,1H3. The minimum absolute atomic E-state index is 0.368. The largest absolute Gasteiger partial charge is 0.414 e. The predicted octanol–water partition coefficient (Wildman–Crippen LogP) is 0.886. The maximum absolute atomic E-state index is 11.9. The zero-order chi connectivity index (χ0) is 10.1. The summed E-state index contributed by atoms with van der Waals surface area (Å²) < 4.78 is 37.0. The van der Waals surface area contributed by atoms with Gasteiger partial charge in [-0.1, -0.05) is 0 Å². The van der Waals surface area contributed by atoms with Gasteiger partial charge in [-0.05, 0) is 5.56 Å². The normalized spacial score (nSPS) is 14.5. The Kier molecular flexibility index (Phi) is 2.60. The summed E-state index contributed by atoms with van der Waals surface area (Å²) in [7, 11) is 1.60. The SMILES string of the molecule is Cn1cc(CC(O)C(F)(F)F)cn1. The number of rotatable bonds is 2. The number of aliphatic hydroxyl groups is 1. The van der Waals surface area contributed by atoms with Gasteiger partial charge in [-0.2, -0.15) is 18.3 Å². The molecule has 1 aromatic heterocycles. The minimum atomic E-state index is -4.56. The summed E-state index contributed by atoms with van der Waals surface area (Å²) in [5.74, 6) is 0. The Bertz CT molecular complexity index is 282. The second kappa shape index (κ2) is 3.37. The van der Waals surface area contributed by atoms with E-state index in [1.54, 1.807) is 7.05 Å². The first-order valence-corrected chi connectivity index (χ1v) is 3.62. The van der Waals surface area contributed by atoms with Crippen LogP contribution >= 0.6 is 0 Å². The second-order valence-corrected chi connectivity index (χ2v) is 2.78. The van der Waals surface area contributed by atoms with Crippen molar-refractivity contribution in [2.75, 3.05) is 0 Å². The molecule has 0 aliphatic rings. The molecule has 3 nitrogen and oxygen atoms in total. The molecule has 1 atom stereocenters. The molecule has 74 valence electrons. The number of alkyl halides is 3. The van der Waals surface area contributed by atoms with Gasteiger partial charge in [0.1, 0.15) is 0 Å². The lowest BCUT2D eigenvalue weighted by atomic mass is 10.1. The van der Waals surface area contributed by atoms with Crippen LogP contribution in [0.3, 0.4) is 0 Å². The zero-order valence-electron chi connectivity index (χ0n) is 6.91. The van der Waals surface area contributed by atoms with Gasteiger partial charge in [0.2, 0.25) is 0 Å². The summed E-state index contributed by atoms with van der Waals surface area (Å²) in [6, 6.07) is 0. The summed E-state index contributed by atoms with van der Waals surface area (Å²) in [6.07, 6.45) is -4.58. The van der Waals surface area contributed by atoms with Crippen molar-refractivity contribution in [2.45, 2.75) is 18.7 Å². The van der Waals surface area contributed by atoms with Crippen LogP contribution in [0.5, 0.6) is 0 Å². The molecule has 1 heterocycles. The van der Waals surface area contributed by atoms with Crippen LogP contribution < -0.4 is 0 Å². The van der Waals surface area contributed by atoms with Gasteiger partial charge < -0.3 is 5.11 Å². The van der Waals surface area contributed by atoms with Crippen molar-refractivity contribution in [1.82, 2.24) is 9.78 Å². The van der Waals surface area contributed by atoms with Gasteiger partial charge in [-0.3, -0.25) is 4.68 Å². The molecular formula is C7H9F3N2O.